The van der Waals surface area contributed by atoms with Crippen molar-refractivity contribution in [1.29, 1.82) is 0 Å². The lowest BCUT2D eigenvalue weighted by Gasteiger charge is -2.37. The van der Waals surface area contributed by atoms with Crippen molar-refractivity contribution in [3.05, 3.63) is 41.5 Å². The standard InChI is InChI=1S/C24H34O7/c1-25-13-14-28-16-30-21-11-12-24(27-3)23(20-6-4-5-19(21)22(20)31-24)29-15-17-7-9-18(26-2)10-8-17/h5,7-10,20-23H,4,6,11-16H2,1-3H3/t20-,21-,22?,23-,24+/m1/s1. The molecule has 172 valence electrons. The maximum Gasteiger partial charge on any atom is 0.195 e. The van der Waals surface area contributed by atoms with Gasteiger partial charge < -0.3 is 33.2 Å². The Balaban J connectivity index is 1.43. The molecule has 0 spiro atoms. The van der Waals surface area contributed by atoms with Gasteiger partial charge in [0.25, 0.3) is 0 Å². The summed E-state index contributed by atoms with van der Waals surface area (Å²) in [7, 11) is 5.05. The molecule has 4 rings (SSSR count). The summed E-state index contributed by atoms with van der Waals surface area (Å²) < 4.78 is 40.9. The molecule has 1 aromatic carbocycles. The predicted molar refractivity (Wildman–Crippen MR) is 114 cm³/mol. The zero-order valence-corrected chi connectivity index (χ0v) is 18.7. The molecule has 0 saturated carbocycles. The summed E-state index contributed by atoms with van der Waals surface area (Å²) in [6.45, 7) is 1.84. The maximum atomic E-state index is 6.56. The van der Waals surface area contributed by atoms with E-state index in [-0.39, 0.29) is 31.0 Å². The van der Waals surface area contributed by atoms with E-state index in [2.05, 4.69) is 6.08 Å². The van der Waals surface area contributed by atoms with Gasteiger partial charge in [0.2, 0.25) is 0 Å². The Morgan fingerprint density at radius 1 is 1.03 bits per heavy atom. The molecule has 2 heterocycles. The van der Waals surface area contributed by atoms with Crippen LogP contribution >= 0.6 is 0 Å². The molecular weight excluding hydrogens is 400 g/mol. The third kappa shape index (κ3) is 4.82. The number of ether oxygens (including phenoxy) is 7. The van der Waals surface area contributed by atoms with Crippen LogP contribution in [0.5, 0.6) is 5.75 Å². The smallest absolute Gasteiger partial charge is 0.195 e. The maximum absolute atomic E-state index is 6.56. The van der Waals surface area contributed by atoms with Crippen LogP contribution in [0.15, 0.2) is 35.9 Å². The van der Waals surface area contributed by atoms with Crippen LogP contribution in [-0.2, 0) is 35.0 Å². The normalized spacial score (nSPS) is 31.9. The Hall–Kier alpha value is -1.48. The molecule has 2 aliphatic heterocycles. The fraction of sp³-hybridized carbons (Fsp3) is 0.667. The van der Waals surface area contributed by atoms with E-state index in [1.54, 1.807) is 21.3 Å². The van der Waals surface area contributed by atoms with Crippen LogP contribution in [0.4, 0.5) is 0 Å². The average Bonchev–Trinajstić information content (AvgIpc) is 3.03. The van der Waals surface area contributed by atoms with Crippen molar-refractivity contribution >= 4 is 0 Å². The van der Waals surface area contributed by atoms with Crippen molar-refractivity contribution in [3.63, 3.8) is 0 Å². The molecule has 2 bridgehead atoms. The first-order valence-corrected chi connectivity index (χ1v) is 11.1. The fourth-order valence-electron chi connectivity index (χ4n) is 4.98. The zero-order chi connectivity index (χ0) is 21.7. The molecule has 1 unspecified atom stereocenters. The highest BCUT2D eigenvalue weighted by atomic mass is 16.7. The van der Waals surface area contributed by atoms with Crippen molar-refractivity contribution < 1.29 is 33.2 Å². The molecule has 3 aliphatic rings. The highest BCUT2D eigenvalue weighted by Gasteiger charge is 2.60. The van der Waals surface area contributed by atoms with E-state index >= 15 is 0 Å². The molecule has 7 heteroatoms. The summed E-state index contributed by atoms with van der Waals surface area (Å²) in [5.74, 6) is 0.340. The Labute approximate surface area is 184 Å². The highest BCUT2D eigenvalue weighted by molar-refractivity contribution is 5.27. The fourth-order valence-corrected chi connectivity index (χ4v) is 4.98. The van der Waals surface area contributed by atoms with Gasteiger partial charge in [0, 0.05) is 26.6 Å². The van der Waals surface area contributed by atoms with Crippen LogP contribution in [0.1, 0.15) is 31.2 Å². The quantitative estimate of drug-likeness (QED) is 0.300. The van der Waals surface area contributed by atoms with Crippen LogP contribution in [0.3, 0.4) is 0 Å². The summed E-state index contributed by atoms with van der Waals surface area (Å²) in [5.41, 5.74) is 2.31. The van der Waals surface area contributed by atoms with E-state index < -0.39 is 5.79 Å². The minimum absolute atomic E-state index is 0.0186. The first kappa shape index (κ1) is 22.7. The van der Waals surface area contributed by atoms with E-state index in [1.165, 1.54) is 5.57 Å². The van der Waals surface area contributed by atoms with E-state index in [0.717, 1.165) is 30.6 Å². The van der Waals surface area contributed by atoms with Gasteiger partial charge in [-0.3, -0.25) is 0 Å². The number of allylic oxidation sites excluding steroid dienone is 1. The summed E-state index contributed by atoms with van der Waals surface area (Å²) in [5, 5.41) is 0. The summed E-state index contributed by atoms with van der Waals surface area (Å²) in [4.78, 5) is 0. The van der Waals surface area contributed by atoms with Gasteiger partial charge in [-0.15, -0.1) is 0 Å². The van der Waals surface area contributed by atoms with E-state index in [9.17, 15) is 0 Å². The van der Waals surface area contributed by atoms with Gasteiger partial charge in [-0.05, 0) is 42.5 Å². The number of rotatable bonds is 11. The van der Waals surface area contributed by atoms with Gasteiger partial charge in [0.05, 0.1) is 39.1 Å². The minimum atomic E-state index is -0.750. The molecule has 0 radical (unpaired) electrons. The minimum Gasteiger partial charge on any atom is -0.497 e. The predicted octanol–water partition coefficient (Wildman–Crippen LogP) is 3.46. The van der Waals surface area contributed by atoms with Crippen LogP contribution in [0, 0.1) is 5.92 Å². The molecule has 5 atom stereocenters. The highest BCUT2D eigenvalue weighted by Crippen LogP contribution is 2.51. The number of fused-ring (bicyclic) bond motifs is 1. The first-order valence-electron chi connectivity index (χ1n) is 11.1. The van der Waals surface area contributed by atoms with Crippen LogP contribution in [0.25, 0.3) is 0 Å². The van der Waals surface area contributed by atoms with E-state index in [4.69, 9.17) is 33.2 Å². The lowest BCUT2D eigenvalue weighted by Crippen LogP contribution is -2.46. The molecule has 1 aliphatic carbocycles. The second kappa shape index (κ2) is 10.4. The van der Waals surface area contributed by atoms with E-state index in [0.29, 0.717) is 26.2 Å². The van der Waals surface area contributed by atoms with Crippen molar-refractivity contribution in [2.45, 2.75) is 56.4 Å². The molecular formula is C24H34O7. The topological polar surface area (TPSA) is 64.6 Å². The van der Waals surface area contributed by atoms with E-state index in [1.807, 2.05) is 24.3 Å². The SMILES string of the molecule is COCCOCO[C@@H]1CC[C@]2(OC)OC3C1=CCC[C@H]3[C@H]2OCc1ccc(OC)cc1. The van der Waals surface area contributed by atoms with Crippen molar-refractivity contribution in [1.82, 2.24) is 0 Å². The summed E-state index contributed by atoms with van der Waals surface area (Å²) in [6, 6.07) is 7.98. The van der Waals surface area contributed by atoms with Crippen molar-refractivity contribution in [2.24, 2.45) is 5.92 Å². The lowest BCUT2D eigenvalue weighted by atomic mass is 9.77. The average molecular weight is 435 g/mol. The monoisotopic (exact) mass is 434 g/mol. The second-order valence-electron chi connectivity index (χ2n) is 8.29. The van der Waals surface area contributed by atoms with Gasteiger partial charge in [-0.2, -0.15) is 0 Å². The zero-order valence-electron chi connectivity index (χ0n) is 18.7. The largest absolute Gasteiger partial charge is 0.497 e. The molecule has 0 amide bonds. The summed E-state index contributed by atoms with van der Waals surface area (Å²) in [6.07, 6.45) is 5.63. The van der Waals surface area contributed by atoms with Crippen LogP contribution in [0.2, 0.25) is 0 Å². The summed E-state index contributed by atoms with van der Waals surface area (Å²) >= 11 is 0. The first-order chi connectivity index (χ1) is 15.2. The molecule has 2 fully saturated rings. The molecule has 2 saturated heterocycles. The number of hydrogen-bond acceptors (Lipinski definition) is 7. The van der Waals surface area contributed by atoms with Gasteiger partial charge in [-0.1, -0.05) is 18.2 Å². The number of hydrogen-bond donors (Lipinski definition) is 0. The van der Waals surface area contributed by atoms with Gasteiger partial charge in [0.15, 0.2) is 5.79 Å². The third-order valence-corrected chi connectivity index (χ3v) is 6.59. The Bertz CT molecular complexity index is 734. The van der Waals surface area contributed by atoms with Crippen LogP contribution in [-0.4, -0.2) is 65.4 Å². The number of benzene rings is 1. The van der Waals surface area contributed by atoms with Gasteiger partial charge in [0.1, 0.15) is 18.6 Å². The molecule has 31 heavy (non-hydrogen) atoms. The molecule has 0 aromatic heterocycles. The second-order valence-corrected chi connectivity index (χ2v) is 8.29. The Morgan fingerprint density at radius 3 is 2.61 bits per heavy atom. The van der Waals surface area contributed by atoms with Crippen molar-refractivity contribution in [3.8, 4) is 5.75 Å². The van der Waals surface area contributed by atoms with Crippen LogP contribution < -0.4 is 4.74 Å². The third-order valence-electron chi connectivity index (χ3n) is 6.59. The molecule has 0 N–H and O–H groups in total. The van der Waals surface area contributed by atoms with Gasteiger partial charge >= 0.3 is 0 Å². The molecule has 1 aromatic rings. The van der Waals surface area contributed by atoms with Gasteiger partial charge in [-0.25, -0.2) is 0 Å². The van der Waals surface area contributed by atoms with Crippen molar-refractivity contribution in [2.75, 3.05) is 41.3 Å². The molecule has 7 nitrogen and oxygen atoms in total. The Kier molecular flexibility index (Phi) is 7.63. The lowest BCUT2D eigenvalue weighted by molar-refractivity contribution is -0.253. The number of methoxy groups -OCH3 is 3. The Morgan fingerprint density at radius 2 is 1.87 bits per heavy atom.